The van der Waals surface area contributed by atoms with E-state index in [9.17, 15) is 0 Å². The van der Waals surface area contributed by atoms with Gasteiger partial charge in [-0.1, -0.05) is 6.07 Å². The van der Waals surface area contributed by atoms with E-state index in [2.05, 4.69) is 34.1 Å². The fourth-order valence-electron chi connectivity index (χ4n) is 2.03. The number of aryl methyl sites for hydroxylation is 1. The highest BCUT2D eigenvalue weighted by Gasteiger charge is 2.06. The lowest BCUT2D eigenvalue weighted by Crippen LogP contribution is -2.12. The Balaban J connectivity index is 1.93. The molecule has 2 aromatic heterocycles. The summed E-state index contributed by atoms with van der Waals surface area (Å²) in [6.07, 6.45) is 3.62. The van der Waals surface area contributed by atoms with E-state index in [1.54, 1.807) is 0 Å². The Labute approximate surface area is 117 Å². The molecule has 20 heavy (non-hydrogen) atoms. The summed E-state index contributed by atoms with van der Waals surface area (Å²) < 4.78 is 5.54. The van der Waals surface area contributed by atoms with Crippen molar-refractivity contribution >= 4 is 17.0 Å². The van der Waals surface area contributed by atoms with Gasteiger partial charge >= 0.3 is 0 Å². The summed E-state index contributed by atoms with van der Waals surface area (Å²) in [6.45, 7) is 5.95. The van der Waals surface area contributed by atoms with Gasteiger partial charge in [0.05, 0.1) is 0 Å². The Bertz CT molecular complexity index is 731. The minimum atomic E-state index is 0.314. The van der Waals surface area contributed by atoms with Crippen molar-refractivity contribution in [2.24, 2.45) is 0 Å². The molecule has 5 heteroatoms. The van der Waals surface area contributed by atoms with E-state index in [0.29, 0.717) is 17.9 Å². The number of benzene rings is 1. The van der Waals surface area contributed by atoms with Crippen LogP contribution >= 0.6 is 0 Å². The standard InChI is InChI=1S/C15H16N4O/c1-9(2)18-15-16-7-12(8-17-15)11-4-5-13-14(6-11)20-10(3)19-13/h4-9H,1-3H3,(H,16,17,18). The number of fused-ring (bicyclic) bond motifs is 1. The van der Waals surface area contributed by atoms with Gasteiger partial charge in [-0.05, 0) is 31.5 Å². The number of aromatic nitrogens is 3. The highest BCUT2D eigenvalue weighted by Crippen LogP contribution is 2.24. The van der Waals surface area contributed by atoms with Gasteiger partial charge in [-0.2, -0.15) is 0 Å². The summed E-state index contributed by atoms with van der Waals surface area (Å²) in [6, 6.07) is 6.22. The lowest BCUT2D eigenvalue weighted by molar-refractivity contribution is 0.561. The molecule has 3 aromatic rings. The van der Waals surface area contributed by atoms with Crippen molar-refractivity contribution in [3.8, 4) is 11.1 Å². The first-order valence-corrected chi connectivity index (χ1v) is 6.58. The third-order valence-corrected chi connectivity index (χ3v) is 2.90. The van der Waals surface area contributed by atoms with Crippen LogP contribution in [0.25, 0.3) is 22.2 Å². The summed E-state index contributed by atoms with van der Waals surface area (Å²) >= 11 is 0. The van der Waals surface area contributed by atoms with Crippen molar-refractivity contribution in [2.75, 3.05) is 5.32 Å². The third-order valence-electron chi connectivity index (χ3n) is 2.90. The van der Waals surface area contributed by atoms with E-state index in [4.69, 9.17) is 4.42 Å². The number of hydrogen-bond donors (Lipinski definition) is 1. The molecular weight excluding hydrogens is 252 g/mol. The van der Waals surface area contributed by atoms with Crippen molar-refractivity contribution in [3.63, 3.8) is 0 Å². The first kappa shape index (κ1) is 12.6. The highest BCUT2D eigenvalue weighted by molar-refractivity contribution is 5.79. The molecule has 0 atom stereocenters. The average molecular weight is 268 g/mol. The molecule has 1 aromatic carbocycles. The zero-order valence-electron chi connectivity index (χ0n) is 11.7. The minimum absolute atomic E-state index is 0.314. The molecule has 0 unspecified atom stereocenters. The number of nitrogens with one attached hydrogen (secondary N) is 1. The fourth-order valence-corrected chi connectivity index (χ4v) is 2.03. The molecule has 0 aliphatic heterocycles. The van der Waals surface area contributed by atoms with E-state index in [1.807, 2.05) is 37.5 Å². The summed E-state index contributed by atoms with van der Waals surface area (Å²) in [4.78, 5) is 12.9. The number of rotatable bonds is 3. The predicted molar refractivity (Wildman–Crippen MR) is 78.5 cm³/mol. The molecule has 0 radical (unpaired) electrons. The smallest absolute Gasteiger partial charge is 0.222 e. The largest absolute Gasteiger partial charge is 0.441 e. The van der Waals surface area contributed by atoms with Crippen LogP contribution in [0.5, 0.6) is 0 Å². The van der Waals surface area contributed by atoms with E-state index in [0.717, 1.165) is 22.2 Å². The molecule has 0 spiro atoms. The molecule has 2 heterocycles. The zero-order valence-corrected chi connectivity index (χ0v) is 11.7. The summed E-state index contributed by atoms with van der Waals surface area (Å²) in [5.74, 6) is 1.31. The Hall–Kier alpha value is -2.43. The van der Waals surface area contributed by atoms with Crippen LogP contribution < -0.4 is 5.32 Å². The topological polar surface area (TPSA) is 63.8 Å². The molecule has 3 rings (SSSR count). The summed E-state index contributed by atoms with van der Waals surface area (Å²) in [5, 5.41) is 3.17. The van der Waals surface area contributed by atoms with Gasteiger partial charge in [0.1, 0.15) is 5.52 Å². The molecule has 0 amide bonds. The van der Waals surface area contributed by atoms with E-state index in [1.165, 1.54) is 0 Å². The van der Waals surface area contributed by atoms with Gasteiger partial charge in [-0.3, -0.25) is 0 Å². The maximum atomic E-state index is 5.54. The molecule has 0 bridgehead atoms. The van der Waals surface area contributed by atoms with E-state index >= 15 is 0 Å². The Morgan fingerprint density at radius 3 is 2.55 bits per heavy atom. The zero-order chi connectivity index (χ0) is 14.1. The highest BCUT2D eigenvalue weighted by atomic mass is 16.3. The van der Waals surface area contributed by atoms with Crippen molar-refractivity contribution in [1.82, 2.24) is 15.0 Å². The maximum Gasteiger partial charge on any atom is 0.222 e. The Morgan fingerprint density at radius 1 is 1.10 bits per heavy atom. The van der Waals surface area contributed by atoms with E-state index in [-0.39, 0.29) is 0 Å². The average Bonchev–Trinajstić information content (AvgIpc) is 2.78. The number of nitrogens with zero attached hydrogens (tertiary/aromatic N) is 3. The molecule has 0 saturated heterocycles. The summed E-state index contributed by atoms with van der Waals surface area (Å²) in [7, 11) is 0. The second kappa shape index (κ2) is 4.92. The number of hydrogen-bond acceptors (Lipinski definition) is 5. The van der Waals surface area contributed by atoms with Crippen molar-refractivity contribution in [1.29, 1.82) is 0 Å². The van der Waals surface area contributed by atoms with E-state index < -0.39 is 0 Å². The van der Waals surface area contributed by atoms with Crippen LogP contribution in [0, 0.1) is 6.92 Å². The number of oxazole rings is 1. The first-order valence-electron chi connectivity index (χ1n) is 6.58. The van der Waals surface area contributed by atoms with Gasteiger partial charge in [-0.25, -0.2) is 15.0 Å². The second-order valence-corrected chi connectivity index (χ2v) is 5.01. The SMILES string of the molecule is Cc1nc2ccc(-c3cnc(NC(C)C)nc3)cc2o1. The van der Waals surface area contributed by atoms with Gasteiger partial charge in [0.2, 0.25) is 5.95 Å². The lowest BCUT2D eigenvalue weighted by atomic mass is 10.1. The monoisotopic (exact) mass is 268 g/mol. The van der Waals surface area contributed by atoms with Crippen LogP contribution in [0.1, 0.15) is 19.7 Å². The Kier molecular flexibility index (Phi) is 3.10. The van der Waals surface area contributed by atoms with Gasteiger partial charge in [-0.15, -0.1) is 0 Å². The van der Waals surface area contributed by atoms with Crippen molar-refractivity contribution < 1.29 is 4.42 Å². The third kappa shape index (κ3) is 2.47. The molecule has 0 aliphatic carbocycles. The summed E-state index contributed by atoms with van der Waals surface area (Å²) in [5.41, 5.74) is 3.62. The first-order chi connectivity index (χ1) is 9.61. The lowest BCUT2D eigenvalue weighted by Gasteiger charge is -2.08. The van der Waals surface area contributed by atoms with Gasteiger partial charge in [0.15, 0.2) is 11.5 Å². The molecule has 1 N–H and O–H groups in total. The molecule has 0 aliphatic rings. The molecule has 102 valence electrons. The molecule has 0 fully saturated rings. The van der Waals surface area contributed by atoms with Crippen LogP contribution in [-0.4, -0.2) is 21.0 Å². The predicted octanol–water partition coefficient (Wildman–Crippen LogP) is 3.41. The van der Waals surface area contributed by atoms with Gasteiger partial charge in [0, 0.05) is 30.9 Å². The normalized spacial score (nSPS) is 11.2. The molecule has 5 nitrogen and oxygen atoms in total. The maximum absolute atomic E-state index is 5.54. The number of anilines is 1. The van der Waals surface area contributed by atoms with Crippen molar-refractivity contribution in [2.45, 2.75) is 26.8 Å². The van der Waals surface area contributed by atoms with Crippen molar-refractivity contribution in [3.05, 3.63) is 36.5 Å². The van der Waals surface area contributed by atoms with Crippen LogP contribution in [-0.2, 0) is 0 Å². The van der Waals surface area contributed by atoms with Crippen LogP contribution in [0.3, 0.4) is 0 Å². The molecule has 0 saturated carbocycles. The van der Waals surface area contributed by atoms with Crippen LogP contribution in [0.15, 0.2) is 35.0 Å². The van der Waals surface area contributed by atoms with Gasteiger partial charge < -0.3 is 9.73 Å². The fraction of sp³-hybridized carbons (Fsp3) is 0.267. The minimum Gasteiger partial charge on any atom is -0.441 e. The Morgan fingerprint density at radius 2 is 1.85 bits per heavy atom. The van der Waals surface area contributed by atoms with Crippen LogP contribution in [0.4, 0.5) is 5.95 Å². The van der Waals surface area contributed by atoms with Crippen LogP contribution in [0.2, 0.25) is 0 Å². The molecular formula is C15H16N4O. The quantitative estimate of drug-likeness (QED) is 0.788. The second-order valence-electron chi connectivity index (χ2n) is 5.01. The van der Waals surface area contributed by atoms with Gasteiger partial charge in [0.25, 0.3) is 0 Å².